The highest BCUT2D eigenvalue weighted by molar-refractivity contribution is 6.29. The maximum atomic E-state index is 12.1. The van der Waals surface area contributed by atoms with Gasteiger partial charge in [-0.25, -0.2) is 0 Å². The zero-order valence-corrected chi connectivity index (χ0v) is 10.2. The molecule has 0 radical (unpaired) electrons. The number of nitrogens with zero attached hydrogens (tertiary/aromatic N) is 1. The molecule has 2 aliphatic rings. The number of amides is 1. The van der Waals surface area contributed by atoms with E-state index in [2.05, 4.69) is 5.32 Å². The summed E-state index contributed by atoms with van der Waals surface area (Å²) in [6.07, 6.45) is 2.32. The highest BCUT2D eigenvalue weighted by atomic mass is 35.5. The smallest absolute Gasteiger partial charge is 0.289 e. The van der Waals surface area contributed by atoms with Crippen molar-refractivity contribution in [3.05, 3.63) is 23.1 Å². The van der Waals surface area contributed by atoms with Crippen LogP contribution in [0.25, 0.3) is 0 Å². The Morgan fingerprint density at radius 2 is 2.35 bits per heavy atom. The predicted octanol–water partition coefficient (Wildman–Crippen LogP) is 1.76. The monoisotopic (exact) mass is 254 g/mol. The Morgan fingerprint density at radius 3 is 3.12 bits per heavy atom. The molecule has 1 aromatic rings. The van der Waals surface area contributed by atoms with Crippen molar-refractivity contribution in [3.8, 4) is 0 Å². The Kier molecular flexibility index (Phi) is 2.84. The number of carbonyl (C=O) groups excluding carboxylic acids is 1. The number of piperidine rings is 1. The minimum atomic E-state index is -0.0518. The van der Waals surface area contributed by atoms with Gasteiger partial charge >= 0.3 is 0 Å². The van der Waals surface area contributed by atoms with Crippen LogP contribution in [0.3, 0.4) is 0 Å². The second-order valence-electron chi connectivity index (χ2n) is 4.75. The lowest BCUT2D eigenvalue weighted by Crippen LogP contribution is -2.48. The highest BCUT2D eigenvalue weighted by Gasteiger charge is 2.35. The van der Waals surface area contributed by atoms with Crippen LogP contribution in [0, 0.1) is 5.92 Å². The van der Waals surface area contributed by atoms with E-state index in [9.17, 15) is 4.79 Å². The molecular formula is C12H15ClN2O2. The summed E-state index contributed by atoms with van der Waals surface area (Å²) in [7, 11) is 0. The molecule has 0 spiro atoms. The summed E-state index contributed by atoms with van der Waals surface area (Å²) in [6, 6.07) is 3.70. The van der Waals surface area contributed by atoms with Crippen molar-refractivity contribution in [3.63, 3.8) is 0 Å². The van der Waals surface area contributed by atoms with Crippen LogP contribution in [0.1, 0.15) is 23.4 Å². The Balaban J connectivity index is 1.70. The normalized spacial score (nSPS) is 28.2. The van der Waals surface area contributed by atoms with Crippen LogP contribution in [0.2, 0.25) is 5.22 Å². The summed E-state index contributed by atoms with van der Waals surface area (Å²) in [4.78, 5) is 14.0. The van der Waals surface area contributed by atoms with Gasteiger partial charge in [-0.15, -0.1) is 0 Å². The average molecular weight is 255 g/mol. The van der Waals surface area contributed by atoms with Crippen molar-refractivity contribution in [2.24, 2.45) is 5.92 Å². The van der Waals surface area contributed by atoms with E-state index in [-0.39, 0.29) is 11.1 Å². The number of nitrogens with one attached hydrogen (secondary N) is 1. The number of furan rings is 1. The fourth-order valence-corrected chi connectivity index (χ4v) is 2.95. The fourth-order valence-electron chi connectivity index (χ4n) is 2.80. The molecule has 0 bridgehead atoms. The van der Waals surface area contributed by atoms with E-state index in [4.69, 9.17) is 16.0 Å². The highest BCUT2D eigenvalue weighted by Crippen LogP contribution is 2.26. The van der Waals surface area contributed by atoms with Crippen molar-refractivity contribution in [1.82, 2.24) is 10.2 Å². The number of halogens is 1. The number of fused-ring (bicyclic) bond motifs is 1. The lowest BCUT2D eigenvalue weighted by Gasteiger charge is -2.34. The third kappa shape index (κ3) is 2.07. The van der Waals surface area contributed by atoms with E-state index in [0.29, 0.717) is 11.8 Å². The Morgan fingerprint density at radius 1 is 1.47 bits per heavy atom. The molecule has 0 aromatic carbocycles. The predicted molar refractivity (Wildman–Crippen MR) is 64.1 cm³/mol. The lowest BCUT2D eigenvalue weighted by molar-refractivity contribution is 0.0637. The van der Waals surface area contributed by atoms with Crippen LogP contribution in [0.4, 0.5) is 0 Å². The summed E-state index contributed by atoms with van der Waals surface area (Å²) in [6.45, 7) is 2.67. The standard InChI is InChI=1S/C12H15ClN2O2/c13-11-2-1-10(17-11)12(16)15-6-4-8-3-5-14-9(8)7-15/h1-2,8-9,14H,3-7H2. The summed E-state index contributed by atoms with van der Waals surface area (Å²) in [5.74, 6) is 1.02. The second-order valence-corrected chi connectivity index (χ2v) is 5.13. The van der Waals surface area contributed by atoms with Crippen LogP contribution in [0.5, 0.6) is 0 Å². The summed E-state index contributed by atoms with van der Waals surface area (Å²) in [5.41, 5.74) is 0. The molecule has 4 nitrogen and oxygen atoms in total. The van der Waals surface area contributed by atoms with Crippen LogP contribution in [-0.4, -0.2) is 36.5 Å². The molecule has 1 amide bonds. The van der Waals surface area contributed by atoms with Gasteiger partial charge in [-0.3, -0.25) is 4.79 Å². The Labute approximate surface area is 105 Å². The number of likely N-dealkylation sites (tertiary alicyclic amines) is 1. The first-order chi connectivity index (χ1) is 8.24. The van der Waals surface area contributed by atoms with Gasteiger partial charge in [0.2, 0.25) is 0 Å². The first-order valence-corrected chi connectivity index (χ1v) is 6.40. The molecule has 2 unspecified atom stereocenters. The molecule has 0 saturated carbocycles. The molecule has 5 heteroatoms. The molecule has 2 saturated heterocycles. The fraction of sp³-hybridized carbons (Fsp3) is 0.583. The topological polar surface area (TPSA) is 45.5 Å². The van der Waals surface area contributed by atoms with E-state index in [1.165, 1.54) is 6.42 Å². The summed E-state index contributed by atoms with van der Waals surface area (Å²) >= 11 is 5.68. The molecule has 92 valence electrons. The van der Waals surface area contributed by atoms with E-state index in [1.807, 2.05) is 4.90 Å². The van der Waals surface area contributed by atoms with Crippen molar-refractivity contribution in [2.75, 3.05) is 19.6 Å². The molecule has 2 atom stereocenters. The number of hydrogen-bond acceptors (Lipinski definition) is 3. The molecule has 3 heterocycles. The van der Waals surface area contributed by atoms with E-state index in [0.717, 1.165) is 32.0 Å². The van der Waals surface area contributed by atoms with Gasteiger partial charge in [-0.1, -0.05) is 0 Å². The molecule has 0 aliphatic carbocycles. The Hall–Kier alpha value is -1.00. The first-order valence-electron chi connectivity index (χ1n) is 6.02. The average Bonchev–Trinajstić information content (AvgIpc) is 2.95. The number of carbonyl (C=O) groups is 1. The SMILES string of the molecule is O=C(c1ccc(Cl)o1)N1CCC2CCNC2C1. The van der Waals surface area contributed by atoms with Crippen LogP contribution in [-0.2, 0) is 0 Å². The van der Waals surface area contributed by atoms with Gasteiger partial charge in [0, 0.05) is 19.1 Å². The molecule has 3 rings (SSSR count). The van der Waals surface area contributed by atoms with Crippen molar-refractivity contribution in [2.45, 2.75) is 18.9 Å². The van der Waals surface area contributed by atoms with Crippen molar-refractivity contribution < 1.29 is 9.21 Å². The van der Waals surface area contributed by atoms with Crippen LogP contribution < -0.4 is 5.32 Å². The van der Waals surface area contributed by atoms with E-state index >= 15 is 0 Å². The zero-order valence-electron chi connectivity index (χ0n) is 9.49. The minimum Gasteiger partial charge on any atom is -0.440 e. The quantitative estimate of drug-likeness (QED) is 0.831. The van der Waals surface area contributed by atoms with Gasteiger partial charge in [0.25, 0.3) is 5.91 Å². The minimum absolute atomic E-state index is 0.0518. The second kappa shape index (κ2) is 4.35. The van der Waals surface area contributed by atoms with Gasteiger partial charge in [0.05, 0.1) is 0 Å². The molecular weight excluding hydrogens is 240 g/mol. The molecule has 17 heavy (non-hydrogen) atoms. The molecule has 2 fully saturated rings. The molecule has 2 aliphatic heterocycles. The van der Waals surface area contributed by atoms with E-state index in [1.54, 1.807) is 12.1 Å². The maximum absolute atomic E-state index is 12.1. The lowest BCUT2D eigenvalue weighted by atomic mass is 9.92. The van der Waals surface area contributed by atoms with Gasteiger partial charge < -0.3 is 14.6 Å². The zero-order chi connectivity index (χ0) is 11.8. The third-order valence-electron chi connectivity index (χ3n) is 3.75. The van der Waals surface area contributed by atoms with Gasteiger partial charge in [-0.05, 0) is 49.0 Å². The van der Waals surface area contributed by atoms with Crippen LogP contribution in [0.15, 0.2) is 16.5 Å². The summed E-state index contributed by atoms with van der Waals surface area (Å²) in [5, 5.41) is 3.72. The largest absolute Gasteiger partial charge is 0.440 e. The van der Waals surface area contributed by atoms with Gasteiger partial charge in [0.15, 0.2) is 11.0 Å². The number of hydrogen-bond donors (Lipinski definition) is 1. The van der Waals surface area contributed by atoms with Gasteiger partial charge in [0.1, 0.15) is 0 Å². The van der Waals surface area contributed by atoms with Crippen molar-refractivity contribution >= 4 is 17.5 Å². The van der Waals surface area contributed by atoms with E-state index < -0.39 is 0 Å². The Bertz CT molecular complexity index is 432. The van der Waals surface area contributed by atoms with Crippen molar-refractivity contribution in [1.29, 1.82) is 0 Å². The first kappa shape index (κ1) is 11.1. The maximum Gasteiger partial charge on any atom is 0.289 e. The molecule has 1 N–H and O–H groups in total. The number of rotatable bonds is 1. The third-order valence-corrected chi connectivity index (χ3v) is 3.95. The molecule has 1 aromatic heterocycles. The van der Waals surface area contributed by atoms with Gasteiger partial charge in [-0.2, -0.15) is 0 Å². The summed E-state index contributed by atoms with van der Waals surface area (Å²) < 4.78 is 5.16. The van der Waals surface area contributed by atoms with Crippen LogP contribution >= 0.6 is 11.6 Å².